The Kier molecular flexibility index (Phi) is 4.84. The maximum absolute atomic E-state index is 11.9. The van der Waals surface area contributed by atoms with Gasteiger partial charge in [-0.1, -0.05) is 0 Å². The SMILES string of the molecule is CC(C)(C)C(=O)O[C@@H]1C=COC[C@H]1OC(=O)C(C)(C)C. The van der Waals surface area contributed by atoms with E-state index in [4.69, 9.17) is 14.2 Å². The highest BCUT2D eigenvalue weighted by Gasteiger charge is 2.35. The van der Waals surface area contributed by atoms with Gasteiger partial charge >= 0.3 is 11.9 Å². The van der Waals surface area contributed by atoms with E-state index in [2.05, 4.69) is 0 Å². The summed E-state index contributed by atoms with van der Waals surface area (Å²) in [6, 6.07) is 0. The summed E-state index contributed by atoms with van der Waals surface area (Å²) in [6.07, 6.45) is 1.83. The minimum Gasteiger partial charge on any atom is -0.497 e. The normalized spacial score (nSPS) is 22.9. The summed E-state index contributed by atoms with van der Waals surface area (Å²) >= 11 is 0. The molecule has 0 unspecified atom stereocenters. The predicted molar refractivity (Wildman–Crippen MR) is 73.8 cm³/mol. The Balaban J connectivity index is 2.73. The van der Waals surface area contributed by atoms with E-state index < -0.39 is 23.0 Å². The van der Waals surface area contributed by atoms with Crippen molar-refractivity contribution in [2.24, 2.45) is 10.8 Å². The van der Waals surface area contributed by atoms with Gasteiger partial charge in [0, 0.05) is 0 Å². The van der Waals surface area contributed by atoms with Crippen LogP contribution in [0.4, 0.5) is 0 Å². The van der Waals surface area contributed by atoms with Gasteiger partial charge in [0.25, 0.3) is 0 Å². The van der Waals surface area contributed by atoms with Gasteiger partial charge in [-0.3, -0.25) is 9.59 Å². The summed E-state index contributed by atoms with van der Waals surface area (Å²) in [4.78, 5) is 23.8. The second-order valence-corrected chi connectivity index (χ2v) is 6.98. The molecule has 5 nitrogen and oxygen atoms in total. The largest absolute Gasteiger partial charge is 0.497 e. The van der Waals surface area contributed by atoms with E-state index in [9.17, 15) is 9.59 Å². The van der Waals surface area contributed by atoms with E-state index in [-0.39, 0.29) is 18.5 Å². The van der Waals surface area contributed by atoms with Crippen LogP contribution in [0.2, 0.25) is 0 Å². The van der Waals surface area contributed by atoms with Crippen molar-refractivity contribution in [3.05, 3.63) is 12.3 Å². The summed E-state index contributed by atoms with van der Waals surface area (Å²) in [7, 11) is 0. The van der Waals surface area contributed by atoms with Gasteiger partial charge in [-0.25, -0.2) is 0 Å². The zero-order valence-corrected chi connectivity index (χ0v) is 13.1. The number of hydrogen-bond acceptors (Lipinski definition) is 5. The molecule has 5 heteroatoms. The first-order valence-corrected chi connectivity index (χ1v) is 6.72. The second-order valence-electron chi connectivity index (χ2n) is 6.98. The summed E-state index contributed by atoms with van der Waals surface area (Å²) < 4.78 is 15.9. The van der Waals surface area contributed by atoms with Crippen LogP contribution in [0.25, 0.3) is 0 Å². The number of hydrogen-bond donors (Lipinski definition) is 0. The smallest absolute Gasteiger partial charge is 0.311 e. The van der Waals surface area contributed by atoms with Gasteiger partial charge < -0.3 is 14.2 Å². The fraction of sp³-hybridized carbons (Fsp3) is 0.733. The van der Waals surface area contributed by atoms with Gasteiger partial charge in [-0.05, 0) is 47.6 Å². The molecule has 20 heavy (non-hydrogen) atoms. The van der Waals surface area contributed by atoms with Crippen molar-refractivity contribution in [3.63, 3.8) is 0 Å². The molecule has 0 aromatic carbocycles. The van der Waals surface area contributed by atoms with Crippen LogP contribution in [0.15, 0.2) is 12.3 Å². The molecular formula is C15H24O5. The van der Waals surface area contributed by atoms with Gasteiger partial charge in [-0.15, -0.1) is 0 Å². The molecule has 0 radical (unpaired) electrons. The Morgan fingerprint density at radius 3 is 2.00 bits per heavy atom. The van der Waals surface area contributed by atoms with Crippen LogP contribution in [-0.2, 0) is 23.8 Å². The highest BCUT2D eigenvalue weighted by Crippen LogP contribution is 2.23. The molecule has 0 saturated heterocycles. The first-order valence-electron chi connectivity index (χ1n) is 6.72. The summed E-state index contributed by atoms with van der Waals surface area (Å²) in [5.74, 6) is -0.691. The second kappa shape index (κ2) is 5.85. The molecule has 2 atom stereocenters. The van der Waals surface area contributed by atoms with Crippen LogP contribution in [0.3, 0.4) is 0 Å². The molecule has 114 valence electrons. The minimum absolute atomic E-state index is 0.181. The molecule has 0 aliphatic carbocycles. The number of rotatable bonds is 2. The van der Waals surface area contributed by atoms with Crippen LogP contribution in [0, 0.1) is 10.8 Å². The molecule has 0 amide bonds. The molecule has 0 aromatic rings. The van der Waals surface area contributed by atoms with E-state index >= 15 is 0 Å². The number of ether oxygens (including phenoxy) is 3. The average Bonchev–Trinajstić information content (AvgIpc) is 2.29. The third kappa shape index (κ3) is 4.54. The Labute approximate surface area is 120 Å². The quantitative estimate of drug-likeness (QED) is 0.729. The van der Waals surface area contributed by atoms with Gasteiger partial charge in [0.2, 0.25) is 0 Å². The molecule has 0 fully saturated rings. The Morgan fingerprint density at radius 2 is 1.50 bits per heavy atom. The Hall–Kier alpha value is -1.52. The highest BCUT2D eigenvalue weighted by molar-refractivity contribution is 5.76. The van der Waals surface area contributed by atoms with Gasteiger partial charge in [0.15, 0.2) is 12.2 Å². The number of carbonyl (C=O) groups is 2. The van der Waals surface area contributed by atoms with Crippen molar-refractivity contribution in [2.45, 2.75) is 53.8 Å². The lowest BCUT2D eigenvalue weighted by molar-refractivity contribution is -0.179. The van der Waals surface area contributed by atoms with Crippen molar-refractivity contribution < 1.29 is 23.8 Å². The third-order valence-corrected chi connectivity index (χ3v) is 2.72. The van der Waals surface area contributed by atoms with E-state index in [1.54, 1.807) is 47.6 Å². The summed E-state index contributed by atoms with van der Waals surface area (Å²) in [5.41, 5.74) is -1.22. The van der Waals surface area contributed by atoms with Gasteiger partial charge in [0.05, 0.1) is 17.1 Å². The monoisotopic (exact) mass is 284 g/mol. The maximum atomic E-state index is 11.9. The van der Waals surface area contributed by atoms with E-state index in [1.807, 2.05) is 0 Å². The molecule has 0 bridgehead atoms. The lowest BCUT2D eigenvalue weighted by Gasteiger charge is -2.31. The standard InChI is InChI=1S/C15H24O5/c1-14(2,3)12(16)19-10-7-8-18-9-11(10)20-13(17)15(4,5)6/h7-8,10-11H,9H2,1-6H3/t10-,11-/m1/s1. The Bertz CT molecular complexity index is 397. The molecular weight excluding hydrogens is 260 g/mol. The first-order chi connectivity index (χ1) is 9.01. The highest BCUT2D eigenvalue weighted by atomic mass is 16.6. The number of esters is 2. The van der Waals surface area contributed by atoms with Crippen LogP contribution in [0.5, 0.6) is 0 Å². The topological polar surface area (TPSA) is 61.8 Å². The maximum Gasteiger partial charge on any atom is 0.311 e. The summed E-state index contributed by atoms with van der Waals surface area (Å²) in [6.45, 7) is 10.8. The van der Waals surface area contributed by atoms with E-state index in [0.717, 1.165) is 0 Å². The van der Waals surface area contributed by atoms with Crippen LogP contribution >= 0.6 is 0 Å². The predicted octanol–water partition coefficient (Wildman–Crippen LogP) is 2.45. The van der Waals surface area contributed by atoms with Crippen molar-refractivity contribution in [3.8, 4) is 0 Å². The fourth-order valence-corrected chi connectivity index (χ4v) is 1.33. The van der Waals surface area contributed by atoms with Crippen molar-refractivity contribution in [1.82, 2.24) is 0 Å². The minimum atomic E-state index is -0.613. The first kappa shape index (κ1) is 16.5. The van der Waals surface area contributed by atoms with Crippen LogP contribution < -0.4 is 0 Å². The van der Waals surface area contributed by atoms with E-state index in [0.29, 0.717) is 0 Å². The molecule has 0 aromatic heterocycles. The molecule has 1 rings (SSSR count). The summed E-state index contributed by atoms with van der Waals surface area (Å²) in [5, 5.41) is 0. The van der Waals surface area contributed by atoms with Gasteiger partial charge in [-0.2, -0.15) is 0 Å². The third-order valence-electron chi connectivity index (χ3n) is 2.72. The van der Waals surface area contributed by atoms with Crippen molar-refractivity contribution in [2.75, 3.05) is 6.61 Å². The molecule has 0 N–H and O–H groups in total. The zero-order valence-electron chi connectivity index (χ0n) is 13.1. The molecule has 0 saturated carbocycles. The van der Waals surface area contributed by atoms with E-state index in [1.165, 1.54) is 6.26 Å². The fourth-order valence-electron chi connectivity index (χ4n) is 1.33. The van der Waals surface area contributed by atoms with Crippen LogP contribution in [-0.4, -0.2) is 30.8 Å². The van der Waals surface area contributed by atoms with Crippen molar-refractivity contribution >= 4 is 11.9 Å². The average molecular weight is 284 g/mol. The molecule has 0 spiro atoms. The molecule has 1 aliphatic rings. The molecule has 1 heterocycles. The lowest BCUT2D eigenvalue weighted by atomic mass is 9.96. The van der Waals surface area contributed by atoms with Crippen molar-refractivity contribution in [1.29, 1.82) is 0 Å². The lowest BCUT2D eigenvalue weighted by Crippen LogP contribution is -2.43. The van der Waals surface area contributed by atoms with Gasteiger partial charge in [0.1, 0.15) is 6.61 Å². The Morgan fingerprint density at radius 1 is 1.00 bits per heavy atom. The zero-order chi connectivity index (χ0) is 15.6. The number of carbonyl (C=O) groups excluding carboxylic acids is 2. The van der Waals surface area contributed by atoms with Crippen LogP contribution in [0.1, 0.15) is 41.5 Å². The molecule has 1 aliphatic heterocycles.